The summed E-state index contributed by atoms with van der Waals surface area (Å²) in [6, 6.07) is 0. The first-order valence-corrected chi connectivity index (χ1v) is 9.10. The van der Waals surface area contributed by atoms with Gasteiger partial charge in [0, 0.05) is 18.8 Å². The van der Waals surface area contributed by atoms with Crippen LogP contribution in [0.4, 0.5) is 0 Å². The summed E-state index contributed by atoms with van der Waals surface area (Å²) >= 11 is 0. The molecule has 0 spiro atoms. The van der Waals surface area contributed by atoms with Crippen LogP contribution in [0.25, 0.3) is 0 Å². The molecule has 0 saturated carbocycles. The van der Waals surface area contributed by atoms with Gasteiger partial charge in [0.25, 0.3) is 0 Å². The Morgan fingerprint density at radius 3 is 2.27 bits per heavy atom. The lowest BCUT2D eigenvalue weighted by Crippen LogP contribution is -2.24. The van der Waals surface area contributed by atoms with Gasteiger partial charge in [-0.1, -0.05) is 6.58 Å². The summed E-state index contributed by atoms with van der Waals surface area (Å²) in [6.45, 7) is 15.0. The summed E-state index contributed by atoms with van der Waals surface area (Å²) in [5, 5.41) is 0. The molecule has 0 unspecified atom stereocenters. The van der Waals surface area contributed by atoms with Gasteiger partial charge in [-0.2, -0.15) is 0 Å². The summed E-state index contributed by atoms with van der Waals surface area (Å²) < 4.78 is 5.88. The highest BCUT2D eigenvalue weighted by atomic mass is 28.4. The third-order valence-electron chi connectivity index (χ3n) is 2.35. The summed E-state index contributed by atoms with van der Waals surface area (Å²) in [6.07, 6.45) is 4.66. The molecule has 86 valence electrons. The van der Waals surface area contributed by atoms with Crippen molar-refractivity contribution >= 4 is 8.32 Å². The van der Waals surface area contributed by atoms with E-state index in [4.69, 9.17) is 4.43 Å². The molecule has 2 nitrogen and oxygen atoms in total. The number of hydrogen-bond acceptors (Lipinski definition) is 2. The van der Waals surface area contributed by atoms with E-state index in [9.17, 15) is 0 Å². The maximum Gasteiger partial charge on any atom is 0.241 e. The molecule has 15 heavy (non-hydrogen) atoms. The molecule has 0 N–H and O–H groups in total. The van der Waals surface area contributed by atoms with Gasteiger partial charge < -0.3 is 9.33 Å². The molecule has 1 heterocycles. The van der Waals surface area contributed by atoms with Crippen LogP contribution < -0.4 is 0 Å². The number of hydrogen-bond donors (Lipinski definition) is 0. The van der Waals surface area contributed by atoms with Crippen LogP contribution in [0.2, 0.25) is 19.6 Å². The fourth-order valence-corrected chi connectivity index (χ4v) is 2.87. The van der Waals surface area contributed by atoms with Gasteiger partial charge in [-0.25, -0.2) is 0 Å². The van der Waals surface area contributed by atoms with E-state index in [1.807, 2.05) is 6.92 Å². The van der Waals surface area contributed by atoms with E-state index < -0.39 is 8.32 Å². The van der Waals surface area contributed by atoms with Gasteiger partial charge >= 0.3 is 0 Å². The van der Waals surface area contributed by atoms with E-state index in [1.54, 1.807) is 0 Å². The molecule has 0 amide bonds. The standard InChI is InChI=1S/C12H23NOSi/c1-11(13-8-6-7-9-13)10-12(2)14-15(3,4)5/h10H,1,6-9H2,2-5H3/b12-10-. The number of rotatable bonds is 4. The molecular formula is C12H23NOSi. The minimum atomic E-state index is -1.45. The topological polar surface area (TPSA) is 12.5 Å². The minimum Gasteiger partial charge on any atom is -0.547 e. The molecular weight excluding hydrogens is 202 g/mol. The van der Waals surface area contributed by atoms with Gasteiger partial charge in [0.05, 0.1) is 5.76 Å². The maximum atomic E-state index is 5.88. The van der Waals surface area contributed by atoms with Crippen LogP contribution in [0.3, 0.4) is 0 Å². The van der Waals surface area contributed by atoms with Crippen molar-refractivity contribution in [3.05, 3.63) is 24.1 Å². The van der Waals surface area contributed by atoms with Crippen molar-refractivity contribution in [1.29, 1.82) is 0 Å². The van der Waals surface area contributed by atoms with Crippen LogP contribution >= 0.6 is 0 Å². The summed E-state index contributed by atoms with van der Waals surface area (Å²) in [5.74, 6) is 1.01. The van der Waals surface area contributed by atoms with Gasteiger partial charge in [0.15, 0.2) is 0 Å². The Hall–Kier alpha value is -0.703. The maximum absolute atomic E-state index is 5.88. The third-order valence-corrected chi connectivity index (χ3v) is 3.28. The Balaban J connectivity index is 2.50. The zero-order chi connectivity index (χ0) is 11.5. The molecule has 1 rings (SSSR count). The second-order valence-electron chi connectivity index (χ2n) is 5.15. The van der Waals surface area contributed by atoms with Gasteiger partial charge in [0.1, 0.15) is 0 Å². The molecule has 1 aliphatic rings. The summed E-state index contributed by atoms with van der Waals surface area (Å²) in [4.78, 5) is 2.33. The van der Waals surface area contributed by atoms with Crippen molar-refractivity contribution in [3.8, 4) is 0 Å². The van der Waals surface area contributed by atoms with E-state index in [0.717, 1.165) is 24.5 Å². The van der Waals surface area contributed by atoms with Crippen LogP contribution in [0.5, 0.6) is 0 Å². The highest BCUT2D eigenvalue weighted by molar-refractivity contribution is 6.70. The monoisotopic (exact) mass is 225 g/mol. The molecule has 0 aromatic carbocycles. The Bertz CT molecular complexity index is 259. The Labute approximate surface area is 94.7 Å². The predicted octanol–water partition coefficient (Wildman–Crippen LogP) is 3.35. The highest BCUT2D eigenvalue weighted by Crippen LogP contribution is 2.17. The van der Waals surface area contributed by atoms with Crippen molar-refractivity contribution in [2.45, 2.75) is 39.4 Å². The lowest BCUT2D eigenvalue weighted by molar-refractivity contribution is 0.408. The van der Waals surface area contributed by atoms with Gasteiger partial charge in [0.2, 0.25) is 8.32 Å². The second-order valence-corrected chi connectivity index (χ2v) is 9.58. The fourth-order valence-electron chi connectivity index (χ4n) is 1.84. The fraction of sp³-hybridized carbons (Fsp3) is 0.667. The van der Waals surface area contributed by atoms with E-state index in [1.165, 1.54) is 12.8 Å². The SMILES string of the molecule is C=C(/C=C(/C)O[Si](C)(C)C)N1CCCC1. The molecule has 1 saturated heterocycles. The number of allylic oxidation sites excluding steroid dienone is 2. The Kier molecular flexibility index (Phi) is 4.02. The van der Waals surface area contributed by atoms with Crippen LogP contribution in [0, 0.1) is 0 Å². The zero-order valence-corrected chi connectivity index (χ0v) is 11.5. The summed E-state index contributed by atoms with van der Waals surface area (Å²) in [5.41, 5.74) is 1.10. The molecule has 0 aromatic heterocycles. The molecule has 0 radical (unpaired) electrons. The van der Waals surface area contributed by atoms with Crippen molar-refractivity contribution in [2.75, 3.05) is 13.1 Å². The molecule has 0 aromatic rings. The minimum absolute atomic E-state index is 1.01. The normalized spacial score (nSPS) is 18.1. The van der Waals surface area contributed by atoms with E-state index in [0.29, 0.717) is 0 Å². The average Bonchev–Trinajstić information content (AvgIpc) is 2.50. The van der Waals surface area contributed by atoms with E-state index >= 15 is 0 Å². The van der Waals surface area contributed by atoms with Crippen molar-refractivity contribution in [3.63, 3.8) is 0 Å². The first kappa shape index (κ1) is 12.4. The largest absolute Gasteiger partial charge is 0.547 e. The second kappa shape index (κ2) is 4.88. The van der Waals surface area contributed by atoms with E-state index in [2.05, 4.69) is 37.2 Å². The lowest BCUT2D eigenvalue weighted by Gasteiger charge is -2.22. The van der Waals surface area contributed by atoms with Crippen LogP contribution in [-0.2, 0) is 4.43 Å². The predicted molar refractivity (Wildman–Crippen MR) is 68.1 cm³/mol. The quantitative estimate of drug-likeness (QED) is 0.413. The summed E-state index contributed by atoms with van der Waals surface area (Å²) in [7, 11) is -1.45. The smallest absolute Gasteiger partial charge is 0.241 e. The average molecular weight is 225 g/mol. The number of nitrogens with zero attached hydrogens (tertiary/aromatic N) is 1. The van der Waals surface area contributed by atoms with Gasteiger partial charge in [-0.3, -0.25) is 0 Å². The molecule has 0 aliphatic carbocycles. The molecule has 1 fully saturated rings. The van der Waals surface area contributed by atoms with Crippen LogP contribution in [-0.4, -0.2) is 26.3 Å². The molecule has 3 heteroatoms. The first-order chi connectivity index (χ1) is 6.88. The first-order valence-electron chi connectivity index (χ1n) is 5.70. The zero-order valence-electron chi connectivity index (χ0n) is 10.5. The van der Waals surface area contributed by atoms with Crippen molar-refractivity contribution in [1.82, 2.24) is 4.90 Å². The third kappa shape index (κ3) is 4.56. The van der Waals surface area contributed by atoms with Gasteiger partial charge in [-0.15, -0.1) is 0 Å². The molecule has 0 bridgehead atoms. The Morgan fingerprint density at radius 2 is 1.80 bits per heavy atom. The van der Waals surface area contributed by atoms with Crippen LogP contribution in [0.15, 0.2) is 24.1 Å². The van der Waals surface area contributed by atoms with E-state index in [-0.39, 0.29) is 0 Å². The van der Waals surface area contributed by atoms with Crippen LogP contribution in [0.1, 0.15) is 19.8 Å². The molecule has 1 aliphatic heterocycles. The lowest BCUT2D eigenvalue weighted by atomic mass is 10.3. The van der Waals surface area contributed by atoms with Crippen molar-refractivity contribution < 1.29 is 4.43 Å². The number of likely N-dealkylation sites (tertiary alicyclic amines) is 1. The molecule has 0 atom stereocenters. The van der Waals surface area contributed by atoms with Gasteiger partial charge in [-0.05, 0) is 45.5 Å². The Morgan fingerprint density at radius 1 is 1.27 bits per heavy atom. The van der Waals surface area contributed by atoms with Crippen molar-refractivity contribution in [2.24, 2.45) is 0 Å². The highest BCUT2D eigenvalue weighted by Gasteiger charge is 2.17.